The van der Waals surface area contributed by atoms with Crippen LogP contribution in [0.2, 0.25) is 0 Å². The van der Waals surface area contributed by atoms with Crippen LogP contribution >= 0.6 is 0 Å². The highest BCUT2D eigenvalue weighted by Crippen LogP contribution is 2.26. The summed E-state index contributed by atoms with van der Waals surface area (Å²) in [5.74, 6) is -0.146. The van der Waals surface area contributed by atoms with Gasteiger partial charge in [0.1, 0.15) is 29.9 Å². The highest BCUT2D eigenvalue weighted by molar-refractivity contribution is 5.97. The van der Waals surface area contributed by atoms with Crippen LogP contribution in [0, 0.1) is 0 Å². The molecular formula is C33H40N2O8. The van der Waals surface area contributed by atoms with Crippen LogP contribution in [0.3, 0.4) is 0 Å². The minimum absolute atomic E-state index is 0.0646. The molecule has 3 aromatic carbocycles. The van der Waals surface area contributed by atoms with Crippen molar-refractivity contribution >= 4 is 17.8 Å². The topological polar surface area (TPSA) is 149 Å². The summed E-state index contributed by atoms with van der Waals surface area (Å²) in [6, 6.07) is 19.1. The van der Waals surface area contributed by atoms with Gasteiger partial charge in [0.25, 0.3) is 5.91 Å². The third-order valence-electron chi connectivity index (χ3n) is 7.04. The quantitative estimate of drug-likeness (QED) is 0.181. The molecule has 0 unspecified atom stereocenters. The van der Waals surface area contributed by atoms with Crippen molar-refractivity contribution in [1.82, 2.24) is 4.90 Å². The number of carboxylic acid groups (broad SMARTS) is 1. The molecule has 0 saturated carbocycles. The van der Waals surface area contributed by atoms with Crippen LogP contribution < -0.4 is 19.9 Å². The number of primary amides is 1. The maximum Gasteiger partial charge on any atom is 0.303 e. The fourth-order valence-electron chi connectivity index (χ4n) is 4.69. The zero-order valence-electron chi connectivity index (χ0n) is 24.7. The lowest BCUT2D eigenvalue weighted by Crippen LogP contribution is -2.48. The second-order valence-electron chi connectivity index (χ2n) is 10.1. The molecule has 3 rings (SSSR count). The van der Waals surface area contributed by atoms with Crippen LogP contribution in [0.25, 0.3) is 11.1 Å². The Kier molecular flexibility index (Phi) is 12.8. The number of carboxylic acids is 1. The first-order valence-electron chi connectivity index (χ1n) is 14.2. The van der Waals surface area contributed by atoms with E-state index >= 15 is 0 Å². The standard InChI is InChI=1S/C33H40N2O8/c1-41-28-19-23(20-29(21-28)42-2)22-43-27-13-11-25(12-14-27)24-7-9-26(10-8-24)33(40)35(17-5-3-4-6-18-36)30(32(34)39)15-16-31(37)38/h7-14,19-21,30,36H,3-6,15-18,22H2,1-2H3,(H2,34,39)(H,37,38)/t30-/m0/s1. The predicted molar refractivity (Wildman–Crippen MR) is 162 cm³/mol. The summed E-state index contributed by atoms with van der Waals surface area (Å²) < 4.78 is 16.6. The minimum atomic E-state index is -1.07. The number of benzene rings is 3. The monoisotopic (exact) mass is 592 g/mol. The van der Waals surface area contributed by atoms with E-state index in [0.717, 1.165) is 29.5 Å². The fourth-order valence-corrected chi connectivity index (χ4v) is 4.69. The van der Waals surface area contributed by atoms with E-state index in [1.807, 2.05) is 48.5 Å². The van der Waals surface area contributed by atoms with Gasteiger partial charge in [-0.1, -0.05) is 37.1 Å². The third kappa shape index (κ3) is 10.0. The first kappa shape index (κ1) is 32.9. The van der Waals surface area contributed by atoms with E-state index in [9.17, 15) is 14.4 Å². The number of nitrogens with zero attached hydrogens (tertiary/aromatic N) is 1. The number of carbonyl (C=O) groups excluding carboxylic acids is 2. The van der Waals surface area contributed by atoms with E-state index in [0.29, 0.717) is 42.3 Å². The Morgan fingerprint density at radius 2 is 1.40 bits per heavy atom. The Labute approximate surface area is 252 Å². The summed E-state index contributed by atoms with van der Waals surface area (Å²) in [6.45, 7) is 0.676. The smallest absolute Gasteiger partial charge is 0.303 e. The van der Waals surface area contributed by atoms with Crippen molar-refractivity contribution in [1.29, 1.82) is 0 Å². The maximum atomic E-state index is 13.5. The second kappa shape index (κ2) is 16.8. The molecule has 10 nitrogen and oxygen atoms in total. The summed E-state index contributed by atoms with van der Waals surface area (Å²) in [6.07, 6.45) is 2.43. The van der Waals surface area contributed by atoms with Gasteiger partial charge in [-0.2, -0.15) is 0 Å². The predicted octanol–water partition coefficient (Wildman–Crippen LogP) is 4.66. The van der Waals surface area contributed by atoms with E-state index in [1.54, 1.807) is 32.4 Å². The van der Waals surface area contributed by atoms with Crippen LogP contribution in [0.4, 0.5) is 0 Å². The number of hydrogen-bond acceptors (Lipinski definition) is 7. The normalized spacial score (nSPS) is 11.4. The molecule has 43 heavy (non-hydrogen) atoms. The summed E-state index contributed by atoms with van der Waals surface area (Å²) in [4.78, 5) is 38.3. The van der Waals surface area contributed by atoms with Crippen LogP contribution in [-0.2, 0) is 16.2 Å². The van der Waals surface area contributed by atoms with Gasteiger partial charge in [-0.25, -0.2) is 0 Å². The highest BCUT2D eigenvalue weighted by atomic mass is 16.5. The van der Waals surface area contributed by atoms with E-state index in [-0.39, 0.29) is 31.9 Å². The zero-order chi connectivity index (χ0) is 31.2. The molecule has 0 fully saturated rings. The SMILES string of the molecule is COc1cc(COc2ccc(-c3ccc(C(=O)N(CCCCCCO)[C@@H](CCC(=O)O)C(N)=O)cc3)cc2)cc(OC)c1. The number of amides is 2. The number of unbranched alkanes of at least 4 members (excludes halogenated alkanes) is 3. The molecule has 0 radical (unpaired) electrons. The number of ether oxygens (including phenoxy) is 3. The Morgan fingerprint density at radius 3 is 1.93 bits per heavy atom. The maximum absolute atomic E-state index is 13.5. The van der Waals surface area contributed by atoms with Gasteiger partial charge in [-0.05, 0) is 72.4 Å². The number of methoxy groups -OCH3 is 2. The molecule has 0 aliphatic rings. The Bertz CT molecular complexity index is 1320. The molecule has 0 bridgehead atoms. The molecule has 1 atom stereocenters. The molecule has 0 aliphatic heterocycles. The van der Waals surface area contributed by atoms with Gasteiger partial charge >= 0.3 is 5.97 Å². The van der Waals surface area contributed by atoms with E-state index < -0.39 is 17.9 Å². The number of carbonyl (C=O) groups is 3. The summed E-state index contributed by atoms with van der Waals surface area (Å²) in [5.41, 5.74) is 8.68. The number of nitrogens with two attached hydrogens (primary N) is 1. The Balaban J connectivity index is 1.70. The lowest BCUT2D eigenvalue weighted by atomic mass is 10.0. The molecule has 3 aromatic rings. The molecule has 0 spiro atoms. The van der Waals surface area contributed by atoms with Gasteiger partial charge in [0, 0.05) is 31.2 Å². The average Bonchev–Trinajstić information content (AvgIpc) is 3.02. The Morgan fingerprint density at radius 1 is 0.814 bits per heavy atom. The number of aliphatic hydroxyl groups excluding tert-OH is 1. The van der Waals surface area contributed by atoms with Crippen LogP contribution in [0.15, 0.2) is 66.7 Å². The number of aliphatic hydroxyl groups is 1. The first-order valence-corrected chi connectivity index (χ1v) is 14.2. The summed E-state index contributed by atoms with van der Waals surface area (Å²) in [5, 5.41) is 18.2. The van der Waals surface area contributed by atoms with Crippen LogP contribution in [0.5, 0.6) is 17.2 Å². The van der Waals surface area contributed by atoms with E-state index in [1.165, 1.54) is 4.90 Å². The van der Waals surface area contributed by atoms with Crippen molar-refractivity contribution in [3.63, 3.8) is 0 Å². The molecular weight excluding hydrogens is 552 g/mol. The van der Waals surface area contributed by atoms with Crippen molar-refractivity contribution in [2.75, 3.05) is 27.4 Å². The largest absolute Gasteiger partial charge is 0.497 e. The van der Waals surface area contributed by atoms with Gasteiger partial charge in [-0.3, -0.25) is 14.4 Å². The lowest BCUT2D eigenvalue weighted by molar-refractivity contribution is -0.137. The Hall–Kier alpha value is -4.57. The van der Waals surface area contributed by atoms with E-state index in [2.05, 4.69) is 0 Å². The average molecular weight is 593 g/mol. The molecule has 4 N–H and O–H groups in total. The van der Waals surface area contributed by atoms with Crippen molar-refractivity contribution in [2.24, 2.45) is 5.73 Å². The van der Waals surface area contributed by atoms with Gasteiger partial charge in [0.2, 0.25) is 5.91 Å². The highest BCUT2D eigenvalue weighted by Gasteiger charge is 2.29. The van der Waals surface area contributed by atoms with Crippen molar-refractivity contribution in [3.05, 3.63) is 77.9 Å². The molecule has 0 aromatic heterocycles. The second-order valence-corrected chi connectivity index (χ2v) is 10.1. The first-order chi connectivity index (χ1) is 20.7. The van der Waals surface area contributed by atoms with Crippen LogP contribution in [-0.4, -0.2) is 66.3 Å². The number of aliphatic carboxylic acids is 1. The molecule has 0 aliphatic carbocycles. The van der Waals surface area contributed by atoms with Crippen LogP contribution in [0.1, 0.15) is 54.4 Å². The van der Waals surface area contributed by atoms with E-state index in [4.69, 9.17) is 30.2 Å². The fraction of sp³-hybridized carbons (Fsp3) is 0.364. The minimum Gasteiger partial charge on any atom is -0.497 e. The number of rotatable bonds is 18. The molecule has 10 heteroatoms. The molecule has 0 heterocycles. The van der Waals surface area contributed by atoms with Gasteiger partial charge in [0.05, 0.1) is 14.2 Å². The summed E-state index contributed by atoms with van der Waals surface area (Å²) >= 11 is 0. The summed E-state index contributed by atoms with van der Waals surface area (Å²) in [7, 11) is 3.19. The van der Waals surface area contributed by atoms with Crippen molar-refractivity contribution in [2.45, 2.75) is 51.2 Å². The molecule has 0 saturated heterocycles. The third-order valence-corrected chi connectivity index (χ3v) is 7.04. The van der Waals surface area contributed by atoms with Crippen molar-refractivity contribution < 1.29 is 38.8 Å². The lowest BCUT2D eigenvalue weighted by Gasteiger charge is -2.30. The van der Waals surface area contributed by atoms with Crippen molar-refractivity contribution in [3.8, 4) is 28.4 Å². The molecule has 2 amide bonds. The van der Waals surface area contributed by atoms with Gasteiger partial charge < -0.3 is 35.1 Å². The zero-order valence-corrected chi connectivity index (χ0v) is 24.7. The van der Waals surface area contributed by atoms with Gasteiger partial charge in [0.15, 0.2) is 0 Å². The number of hydrogen-bond donors (Lipinski definition) is 3. The molecule has 230 valence electrons. The van der Waals surface area contributed by atoms with Gasteiger partial charge in [-0.15, -0.1) is 0 Å².